The third kappa shape index (κ3) is 5.94. The molecule has 2 heteroatoms. The van der Waals surface area contributed by atoms with Crippen LogP contribution in [0.5, 0.6) is 11.5 Å². The number of hydrogen-bond donors (Lipinski definition) is 0. The van der Waals surface area contributed by atoms with Gasteiger partial charge in [-0.15, -0.1) is 0 Å². The summed E-state index contributed by atoms with van der Waals surface area (Å²) in [5.41, 5.74) is 3.08. The molecular weight excluding hydrogens is 320 g/mol. The number of ether oxygens (including phenoxy) is 2. The average molecular weight is 353 g/mol. The Hall–Kier alpha value is -2.22. The highest BCUT2D eigenvalue weighted by Crippen LogP contribution is 2.32. The van der Waals surface area contributed by atoms with E-state index in [2.05, 4.69) is 79.3 Å². The first kappa shape index (κ1) is 20.1. The van der Waals surface area contributed by atoms with Gasteiger partial charge in [0.1, 0.15) is 22.7 Å². The summed E-state index contributed by atoms with van der Waals surface area (Å²) in [6.07, 6.45) is 0. The van der Waals surface area contributed by atoms with E-state index in [4.69, 9.17) is 9.47 Å². The van der Waals surface area contributed by atoms with E-state index in [9.17, 15) is 0 Å². The van der Waals surface area contributed by atoms with E-state index in [0.717, 1.165) is 22.6 Å². The highest BCUT2D eigenvalue weighted by molar-refractivity contribution is 5.69. The average Bonchev–Trinajstić information content (AvgIpc) is 2.52. The van der Waals surface area contributed by atoms with Crippen molar-refractivity contribution in [2.75, 3.05) is 0 Å². The first-order valence-electron chi connectivity index (χ1n) is 9.22. The zero-order valence-corrected chi connectivity index (χ0v) is 17.2. The van der Waals surface area contributed by atoms with Crippen LogP contribution < -0.4 is 9.47 Å². The van der Waals surface area contributed by atoms with Gasteiger partial charge in [0, 0.05) is 5.92 Å². The highest BCUT2D eigenvalue weighted by atomic mass is 16.5. The van der Waals surface area contributed by atoms with E-state index >= 15 is 0 Å². The molecule has 26 heavy (non-hydrogen) atoms. The van der Waals surface area contributed by atoms with Gasteiger partial charge in [0.25, 0.3) is 0 Å². The molecule has 0 spiro atoms. The molecule has 2 aromatic rings. The number of hydrogen-bond acceptors (Lipinski definition) is 2. The van der Waals surface area contributed by atoms with Crippen LogP contribution in [0.2, 0.25) is 0 Å². The van der Waals surface area contributed by atoms with Gasteiger partial charge in [-0.1, -0.05) is 37.8 Å². The van der Waals surface area contributed by atoms with Gasteiger partial charge in [0.05, 0.1) is 0 Å². The van der Waals surface area contributed by atoms with Crippen molar-refractivity contribution < 1.29 is 9.47 Å². The summed E-state index contributed by atoms with van der Waals surface area (Å²) in [5, 5.41) is 0. The Morgan fingerprint density at radius 3 is 1.50 bits per heavy atom. The molecule has 0 aliphatic carbocycles. The van der Waals surface area contributed by atoms with Gasteiger partial charge in [0.15, 0.2) is 0 Å². The molecule has 0 N–H and O–H groups in total. The molecule has 0 saturated carbocycles. The number of allylic oxidation sites excluding steroid dienone is 1. The monoisotopic (exact) mass is 352 g/mol. The Balaban J connectivity index is 2.09. The van der Waals surface area contributed by atoms with Gasteiger partial charge in [-0.2, -0.15) is 0 Å². The largest absolute Gasteiger partial charge is 0.488 e. The molecule has 2 rings (SSSR count). The lowest BCUT2D eigenvalue weighted by atomic mass is 9.89. The normalized spacial score (nSPS) is 13.2. The van der Waals surface area contributed by atoms with Crippen molar-refractivity contribution >= 4 is 5.57 Å². The Bertz CT molecular complexity index is 726. The maximum absolute atomic E-state index is 5.90. The lowest BCUT2D eigenvalue weighted by Gasteiger charge is -2.23. The second-order valence-electron chi connectivity index (χ2n) is 8.77. The highest BCUT2D eigenvalue weighted by Gasteiger charge is 2.15. The van der Waals surface area contributed by atoms with Gasteiger partial charge in [0.2, 0.25) is 0 Å². The fraction of sp³-hybridized carbons (Fsp3) is 0.417. The predicted octanol–water partition coefficient (Wildman–Crippen LogP) is 6.86. The number of rotatable bonds is 5. The Kier molecular flexibility index (Phi) is 5.85. The molecule has 2 aromatic carbocycles. The molecule has 0 aliphatic rings. The Labute approximate surface area is 158 Å². The van der Waals surface area contributed by atoms with Crippen LogP contribution in [0.3, 0.4) is 0 Å². The third-order valence-electron chi connectivity index (χ3n) is 3.98. The van der Waals surface area contributed by atoms with E-state index in [0.29, 0.717) is 0 Å². The maximum Gasteiger partial charge on any atom is 0.120 e. The first-order chi connectivity index (χ1) is 11.9. The first-order valence-corrected chi connectivity index (χ1v) is 9.22. The van der Waals surface area contributed by atoms with Crippen LogP contribution in [0.4, 0.5) is 0 Å². The van der Waals surface area contributed by atoms with Crippen molar-refractivity contribution in [2.24, 2.45) is 0 Å². The van der Waals surface area contributed by atoms with E-state index in [1.165, 1.54) is 5.56 Å². The zero-order valence-electron chi connectivity index (χ0n) is 17.2. The molecular formula is C24H32O2. The van der Waals surface area contributed by atoms with Crippen LogP contribution in [-0.2, 0) is 0 Å². The van der Waals surface area contributed by atoms with E-state index in [1.807, 2.05) is 24.3 Å². The van der Waals surface area contributed by atoms with Crippen molar-refractivity contribution in [1.29, 1.82) is 0 Å². The van der Waals surface area contributed by atoms with Gasteiger partial charge in [-0.05, 0) is 82.5 Å². The standard InChI is InChI=1S/C24H32O2/c1-17(19-9-13-21(14-10-19)25-23(3,4)5)18(2)20-11-15-22(16-12-20)26-24(6,7)8/h9-16,18H,1H2,2-8H3/t18-/m0/s1. The molecule has 0 saturated heterocycles. The van der Waals surface area contributed by atoms with Crippen LogP contribution in [0, 0.1) is 0 Å². The molecule has 0 amide bonds. The van der Waals surface area contributed by atoms with Gasteiger partial charge in [-0.25, -0.2) is 0 Å². The maximum atomic E-state index is 5.90. The predicted molar refractivity (Wildman–Crippen MR) is 111 cm³/mol. The fourth-order valence-corrected chi connectivity index (χ4v) is 2.72. The van der Waals surface area contributed by atoms with Crippen LogP contribution >= 0.6 is 0 Å². The molecule has 0 radical (unpaired) electrons. The molecule has 0 fully saturated rings. The summed E-state index contributed by atoms with van der Waals surface area (Å²) >= 11 is 0. The molecule has 0 aromatic heterocycles. The lowest BCUT2D eigenvalue weighted by molar-refractivity contribution is 0.130. The fourth-order valence-electron chi connectivity index (χ4n) is 2.72. The molecule has 2 nitrogen and oxygen atoms in total. The zero-order chi connectivity index (χ0) is 19.5. The van der Waals surface area contributed by atoms with Gasteiger partial charge < -0.3 is 9.47 Å². The Morgan fingerprint density at radius 1 is 0.731 bits per heavy atom. The molecule has 1 atom stereocenters. The lowest BCUT2D eigenvalue weighted by Crippen LogP contribution is -2.22. The van der Waals surface area contributed by atoms with Crippen molar-refractivity contribution in [2.45, 2.75) is 65.6 Å². The summed E-state index contributed by atoms with van der Waals surface area (Å²) in [7, 11) is 0. The van der Waals surface area contributed by atoms with Gasteiger partial charge >= 0.3 is 0 Å². The minimum atomic E-state index is -0.192. The SMILES string of the molecule is C=C(c1ccc(OC(C)(C)C)cc1)[C@H](C)c1ccc(OC(C)(C)C)cc1. The van der Waals surface area contributed by atoms with Crippen LogP contribution in [0.25, 0.3) is 5.57 Å². The summed E-state index contributed by atoms with van der Waals surface area (Å²) in [4.78, 5) is 0. The summed E-state index contributed by atoms with van der Waals surface area (Å²) < 4.78 is 11.8. The Morgan fingerprint density at radius 2 is 1.12 bits per heavy atom. The number of benzene rings is 2. The van der Waals surface area contributed by atoms with Crippen LogP contribution in [0.1, 0.15) is 65.5 Å². The molecule has 0 heterocycles. The van der Waals surface area contributed by atoms with E-state index in [1.54, 1.807) is 0 Å². The quantitative estimate of drug-likeness (QED) is 0.585. The molecule has 140 valence electrons. The molecule has 0 unspecified atom stereocenters. The van der Waals surface area contributed by atoms with Crippen LogP contribution in [0.15, 0.2) is 55.1 Å². The van der Waals surface area contributed by atoms with Crippen molar-refractivity contribution in [1.82, 2.24) is 0 Å². The summed E-state index contributed by atoms with van der Waals surface area (Å²) in [5.74, 6) is 2.00. The summed E-state index contributed by atoms with van der Waals surface area (Å²) in [6, 6.07) is 16.5. The molecule has 0 bridgehead atoms. The van der Waals surface area contributed by atoms with E-state index in [-0.39, 0.29) is 17.1 Å². The smallest absolute Gasteiger partial charge is 0.120 e. The van der Waals surface area contributed by atoms with Crippen molar-refractivity contribution in [3.63, 3.8) is 0 Å². The van der Waals surface area contributed by atoms with Crippen molar-refractivity contribution in [3.05, 3.63) is 66.2 Å². The second kappa shape index (κ2) is 7.57. The topological polar surface area (TPSA) is 18.5 Å². The minimum absolute atomic E-state index is 0.187. The van der Waals surface area contributed by atoms with Crippen LogP contribution in [-0.4, -0.2) is 11.2 Å². The minimum Gasteiger partial charge on any atom is -0.488 e. The van der Waals surface area contributed by atoms with E-state index < -0.39 is 0 Å². The van der Waals surface area contributed by atoms with Crippen molar-refractivity contribution in [3.8, 4) is 11.5 Å². The van der Waals surface area contributed by atoms with Gasteiger partial charge in [-0.3, -0.25) is 0 Å². The third-order valence-corrected chi connectivity index (χ3v) is 3.98. The molecule has 0 aliphatic heterocycles. The summed E-state index contributed by atoms with van der Waals surface area (Å²) in [6.45, 7) is 18.8. The second-order valence-corrected chi connectivity index (χ2v) is 8.77.